The fourth-order valence-electron chi connectivity index (χ4n) is 1.89. The number of hydrogen-bond acceptors (Lipinski definition) is 2. The van der Waals surface area contributed by atoms with Gasteiger partial charge in [0.2, 0.25) is 0 Å². The average molecular weight is 171 g/mol. The molecule has 0 radical (unpaired) electrons. The smallest absolute Gasteiger partial charge is 0.0679 e. The Hall–Kier alpha value is -0.0800. The van der Waals surface area contributed by atoms with Crippen molar-refractivity contribution in [1.29, 1.82) is 0 Å². The first-order valence-corrected chi connectivity index (χ1v) is 5.16. The van der Waals surface area contributed by atoms with Gasteiger partial charge in [-0.05, 0) is 12.3 Å². The molecule has 0 saturated carbocycles. The summed E-state index contributed by atoms with van der Waals surface area (Å²) in [5.74, 6) is 0.829. The Labute approximate surface area is 75.6 Å². The Morgan fingerprint density at radius 3 is 2.50 bits per heavy atom. The van der Waals surface area contributed by atoms with Gasteiger partial charge in [-0.25, -0.2) is 0 Å². The minimum Gasteiger partial charge on any atom is -0.392 e. The summed E-state index contributed by atoms with van der Waals surface area (Å²) in [6.45, 7) is 7.68. The lowest BCUT2D eigenvalue weighted by atomic mass is 10.0. The molecule has 0 bridgehead atoms. The van der Waals surface area contributed by atoms with E-state index >= 15 is 0 Å². The van der Waals surface area contributed by atoms with E-state index in [1.165, 1.54) is 19.4 Å². The lowest BCUT2D eigenvalue weighted by Gasteiger charge is -2.20. The highest BCUT2D eigenvalue weighted by atomic mass is 16.3. The van der Waals surface area contributed by atoms with Gasteiger partial charge in [0, 0.05) is 19.6 Å². The summed E-state index contributed by atoms with van der Waals surface area (Å²) in [5, 5.41) is 9.32. The first-order chi connectivity index (χ1) is 5.76. The molecule has 2 nitrogen and oxygen atoms in total. The van der Waals surface area contributed by atoms with Crippen molar-refractivity contribution in [2.45, 2.75) is 39.2 Å². The Balaban J connectivity index is 2.21. The molecule has 1 N–H and O–H groups in total. The van der Waals surface area contributed by atoms with Crippen LogP contribution in [0.25, 0.3) is 0 Å². The topological polar surface area (TPSA) is 23.5 Å². The van der Waals surface area contributed by atoms with Gasteiger partial charge in [0.05, 0.1) is 6.10 Å². The molecule has 12 heavy (non-hydrogen) atoms. The lowest BCUT2D eigenvalue weighted by Crippen LogP contribution is -2.27. The molecule has 0 aromatic rings. The zero-order valence-electron chi connectivity index (χ0n) is 8.29. The molecule has 0 amide bonds. The molecule has 1 rings (SSSR count). The predicted octanol–water partition coefficient (Wildman–Crippen LogP) is 1.49. The van der Waals surface area contributed by atoms with Crippen LogP contribution in [0.1, 0.15) is 33.1 Å². The molecule has 2 heteroatoms. The van der Waals surface area contributed by atoms with Crippen LogP contribution < -0.4 is 0 Å². The van der Waals surface area contributed by atoms with Crippen LogP contribution in [0, 0.1) is 5.92 Å². The minimum atomic E-state index is -0.0561. The largest absolute Gasteiger partial charge is 0.392 e. The van der Waals surface area contributed by atoms with Gasteiger partial charge >= 0.3 is 0 Å². The summed E-state index contributed by atoms with van der Waals surface area (Å²) >= 11 is 0. The molecule has 0 spiro atoms. The van der Waals surface area contributed by atoms with Crippen molar-refractivity contribution in [2.75, 3.05) is 19.6 Å². The van der Waals surface area contributed by atoms with E-state index in [4.69, 9.17) is 0 Å². The number of aliphatic hydroxyl groups excluding tert-OH is 1. The normalized spacial score (nSPS) is 25.5. The van der Waals surface area contributed by atoms with Crippen molar-refractivity contribution in [1.82, 2.24) is 4.90 Å². The monoisotopic (exact) mass is 171 g/mol. The van der Waals surface area contributed by atoms with Crippen molar-refractivity contribution in [3.8, 4) is 0 Å². The number of likely N-dealkylation sites (tertiary alicyclic amines) is 1. The fourth-order valence-corrected chi connectivity index (χ4v) is 1.89. The highest BCUT2D eigenvalue weighted by Gasteiger charge is 2.21. The summed E-state index contributed by atoms with van der Waals surface area (Å²) in [5.41, 5.74) is 0. The van der Waals surface area contributed by atoms with Crippen LogP contribution in [0.5, 0.6) is 0 Å². The molecule has 1 aliphatic rings. The van der Waals surface area contributed by atoms with Crippen LogP contribution in [-0.4, -0.2) is 35.7 Å². The van der Waals surface area contributed by atoms with Crippen LogP contribution in [0.3, 0.4) is 0 Å². The maximum Gasteiger partial charge on any atom is 0.0679 e. The molecule has 0 aromatic heterocycles. The van der Waals surface area contributed by atoms with E-state index in [1.54, 1.807) is 0 Å². The molecule has 1 unspecified atom stereocenters. The van der Waals surface area contributed by atoms with Gasteiger partial charge in [-0.2, -0.15) is 0 Å². The highest BCUT2D eigenvalue weighted by Crippen LogP contribution is 2.15. The molecule has 1 atom stereocenters. The number of rotatable bonds is 4. The quantitative estimate of drug-likeness (QED) is 0.692. The standard InChI is InChI=1S/C10H21NO/c1-3-9(4-2)7-11-6-5-10(12)8-11/h9-10,12H,3-8H2,1-2H3. The van der Waals surface area contributed by atoms with Gasteiger partial charge < -0.3 is 10.0 Å². The second kappa shape index (κ2) is 4.83. The number of hydrogen-bond donors (Lipinski definition) is 1. The van der Waals surface area contributed by atoms with Crippen molar-refractivity contribution in [3.05, 3.63) is 0 Å². The van der Waals surface area contributed by atoms with E-state index < -0.39 is 0 Å². The molecule has 0 aliphatic carbocycles. The summed E-state index contributed by atoms with van der Waals surface area (Å²) < 4.78 is 0. The maximum atomic E-state index is 9.32. The van der Waals surface area contributed by atoms with E-state index in [0.29, 0.717) is 0 Å². The highest BCUT2D eigenvalue weighted by molar-refractivity contribution is 4.75. The summed E-state index contributed by atoms with van der Waals surface area (Å²) in [4.78, 5) is 2.39. The summed E-state index contributed by atoms with van der Waals surface area (Å²) in [7, 11) is 0. The zero-order chi connectivity index (χ0) is 8.97. The predicted molar refractivity (Wildman–Crippen MR) is 51.1 cm³/mol. The van der Waals surface area contributed by atoms with Crippen molar-refractivity contribution < 1.29 is 5.11 Å². The van der Waals surface area contributed by atoms with E-state index in [0.717, 1.165) is 25.4 Å². The fraction of sp³-hybridized carbons (Fsp3) is 1.00. The third kappa shape index (κ3) is 2.76. The Morgan fingerprint density at radius 2 is 2.08 bits per heavy atom. The van der Waals surface area contributed by atoms with Crippen molar-refractivity contribution >= 4 is 0 Å². The number of β-amino-alcohol motifs (C(OH)–C–C–N with tert-alkyl or cyclic N) is 1. The maximum absolute atomic E-state index is 9.32. The lowest BCUT2D eigenvalue weighted by molar-refractivity contribution is 0.168. The van der Waals surface area contributed by atoms with Crippen LogP contribution in [0.4, 0.5) is 0 Å². The second-order valence-corrected chi connectivity index (χ2v) is 3.88. The minimum absolute atomic E-state index is 0.0561. The Morgan fingerprint density at radius 1 is 1.42 bits per heavy atom. The summed E-state index contributed by atoms with van der Waals surface area (Å²) in [6.07, 6.45) is 3.45. The van der Waals surface area contributed by atoms with Crippen molar-refractivity contribution in [2.24, 2.45) is 5.92 Å². The first kappa shape index (κ1) is 10.0. The van der Waals surface area contributed by atoms with Crippen molar-refractivity contribution in [3.63, 3.8) is 0 Å². The second-order valence-electron chi connectivity index (χ2n) is 3.88. The van der Waals surface area contributed by atoms with Gasteiger partial charge in [-0.1, -0.05) is 26.7 Å². The van der Waals surface area contributed by atoms with E-state index in [1.807, 2.05) is 0 Å². The van der Waals surface area contributed by atoms with E-state index in [9.17, 15) is 5.11 Å². The SMILES string of the molecule is CCC(CC)CN1CCC(O)C1. The van der Waals surface area contributed by atoms with Crippen LogP contribution in [-0.2, 0) is 0 Å². The molecular formula is C10H21NO. The van der Waals surface area contributed by atoms with Gasteiger partial charge in [0.15, 0.2) is 0 Å². The Kier molecular flexibility index (Phi) is 4.02. The molecule has 1 aliphatic heterocycles. The van der Waals surface area contributed by atoms with E-state index in [-0.39, 0.29) is 6.10 Å². The third-order valence-corrected chi connectivity index (χ3v) is 2.92. The van der Waals surface area contributed by atoms with Gasteiger partial charge in [-0.15, -0.1) is 0 Å². The molecule has 1 saturated heterocycles. The van der Waals surface area contributed by atoms with Gasteiger partial charge in [0.25, 0.3) is 0 Å². The van der Waals surface area contributed by atoms with Crippen LogP contribution in [0.15, 0.2) is 0 Å². The number of aliphatic hydroxyl groups is 1. The summed E-state index contributed by atoms with van der Waals surface area (Å²) in [6, 6.07) is 0. The Bertz CT molecular complexity index is 123. The number of nitrogens with zero attached hydrogens (tertiary/aromatic N) is 1. The molecule has 1 fully saturated rings. The molecule has 72 valence electrons. The van der Waals surface area contributed by atoms with Crippen LogP contribution >= 0.6 is 0 Å². The van der Waals surface area contributed by atoms with Gasteiger partial charge in [0.1, 0.15) is 0 Å². The van der Waals surface area contributed by atoms with E-state index in [2.05, 4.69) is 18.7 Å². The first-order valence-electron chi connectivity index (χ1n) is 5.16. The third-order valence-electron chi connectivity index (χ3n) is 2.92. The molecular weight excluding hydrogens is 150 g/mol. The zero-order valence-corrected chi connectivity index (χ0v) is 8.29. The molecule has 0 aromatic carbocycles. The van der Waals surface area contributed by atoms with Crippen LogP contribution in [0.2, 0.25) is 0 Å². The van der Waals surface area contributed by atoms with Gasteiger partial charge in [-0.3, -0.25) is 0 Å². The molecule has 1 heterocycles. The average Bonchev–Trinajstić information content (AvgIpc) is 2.47.